The van der Waals surface area contributed by atoms with Crippen LogP contribution in [0.5, 0.6) is 5.75 Å². The van der Waals surface area contributed by atoms with E-state index in [-0.39, 0.29) is 29.6 Å². The second-order valence-corrected chi connectivity index (χ2v) is 7.54. The molecule has 0 radical (unpaired) electrons. The van der Waals surface area contributed by atoms with Gasteiger partial charge in [0.2, 0.25) is 5.91 Å². The fourth-order valence-electron chi connectivity index (χ4n) is 2.48. The summed E-state index contributed by atoms with van der Waals surface area (Å²) in [5.41, 5.74) is 1.25. The number of rotatable bonds is 8. The van der Waals surface area contributed by atoms with Crippen LogP contribution in [0.25, 0.3) is 0 Å². The Morgan fingerprint density at radius 3 is 2.52 bits per heavy atom. The quantitative estimate of drug-likeness (QED) is 0.521. The third-order valence-corrected chi connectivity index (χ3v) is 4.85. The maximum absolute atomic E-state index is 14.0. The number of hydrogen-bond acceptors (Lipinski definition) is 4. The van der Waals surface area contributed by atoms with E-state index in [1.54, 1.807) is 6.07 Å². The van der Waals surface area contributed by atoms with Crippen molar-refractivity contribution in [3.8, 4) is 5.75 Å². The number of amides is 1. The molecule has 4 nitrogen and oxygen atoms in total. The summed E-state index contributed by atoms with van der Waals surface area (Å²) in [6, 6.07) is 11.7. The van der Waals surface area contributed by atoms with Crippen LogP contribution in [0.4, 0.5) is 4.39 Å². The second kappa shape index (κ2) is 9.55. The second-order valence-electron chi connectivity index (χ2n) is 6.52. The zero-order chi connectivity index (χ0) is 20.0. The van der Waals surface area contributed by atoms with E-state index in [1.165, 1.54) is 19.1 Å². The first-order chi connectivity index (χ1) is 12.8. The van der Waals surface area contributed by atoms with Crippen LogP contribution in [-0.2, 0) is 4.79 Å². The van der Waals surface area contributed by atoms with Crippen molar-refractivity contribution in [1.82, 2.24) is 5.32 Å². The number of ether oxygens (including phenoxy) is 1. The van der Waals surface area contributed by atoms with Crippen LogP contribution in [0.2, 0.25) is 0 Å². The van der Waals surface area contributed by atoms with Crippen molar-refractivity contribution in [2.45, 2.75) is 44.7 Å². The molecule has 2 rings (SSSR count). The number of thioether (sulfide) groups is 1. The van der Waals surface area contributed by atoms with Crippen LogP contribution in [0.1, 0.15) is 49.7 Å². The highest BCUT2D eigenvalue weighted by molar-refractivity contribution is 8.00. The molecule has 0 aromatic heterocycles. The number of carbonyl (C=O) groups excluding carboxylic acids is 2. The van der Waals surface area contributed by atoms with Crippen LogP contribution in [0.15, 0.2) is 47.4 Å². The summed E-state index contributed by atoms with van der Waals surface area (Å²) in [6.07, 6.45) is 0.0748. The van der Waals surface area contributed by atoms with Gasteiger partial charge in [-0.05, 0) is 57.5 Å². The van der Waals surface area contributed by atoms with E-state index >= 15 is 0 Å². The Hall–Kier alpha value is -2.34. The van der Waals surface area contributed by atoms with Crippen molar-refractivity contribution in [2.24, 2.45) is 0 Å². The minimum atomic E-state index is -0.493. The van der Waals surface area contributed by atoms with Gasteiger partial charge in [-0.25, -0.2) is 4.39 Å². The molecule has 27 heavy (non-hydrogen) atoms. The lowest BCUT2D eigenvalue weighted by Gasteiger charge is -2.16. The van der Waals surface area contributed by atoms with Crippen molar-refractivity contribution in [1.29, 1.82) is 0 Å². The van der Waals surface area contributed by atoms with Gasteiger partial charge in [0.1, 0.15) is 11.6 Å². The minimum absolute atomic E-state index is 0.0748. The lowest BCUT2D eigenvalue weighted by atomic mass is 10.1. The first-order valence-electron chi connectivity index (χ1n) is 8.75. The van der Waals surface area contributed by atoms with Gasteiger partial charge in [-0.3, -0.25) is 9.59 Å². The fraction of sp³-hybridized carbons (Fsp3) is 0.333. The van der Waals surface area contributed by atoms with Gasteiger partial charge in [-0.1, -0.05) is 18.2 Å². The Morgan fingerprint density at radius 1 is 1.15 bits per heavy atom. The van der Waals surface area contributed by atoms with E-state index in [1.807, 2.05) is 45.0 Å². The van der Waals surface area contributed by atoms with Gasteiger partial charge in [0.25, 0.3) is 0 Å². The lowest BCUT2D eigenvalue weighted by Crippen LogP contribution is -2.28. The minimum Gasteiger partial charge on any atom is -0.491 e. The average molecular weight is 389 g/mol. The molecular formula is C21H24FNO3S. The monoisotopic (exact) mass is 389 g/mol. The summed E-state index contributed by atoms with van der Waals surface area (Å²) >= 11 is 1.10. The molecule has 2 aromatic carbocycles. The van der Waals surface area contributed by atoms with Gasteiger partial charge < -0.3 is 10.1 Å². The van der Waals surface area contributed by atoms with Gasteiger partial charge in [-0.2, -0.15) is 0 Å². The Morgan fingerprint density at radius 2 is 1.89 bits per heavy atom. The lowest BCUT2D eigenvalue weighted by molar-refractivity contribution is -0.119. The third kappa shape index (κ3) is 6.40. The van der Waals surface area contributed by atoms with Gasteiger partial charge >= 0.3 is 0 Å². The standard InChI is InChI=1S/C21H24FNO3S/c1-13(2)26-18-7-5-6-16(10-18)14(3)23-21(25)12-27-20-9-8-17(15(4)24)11-19(20)22/h5-11,13-14H,12H2,1-4H3,(H,23,25). The maximum Gasteiger partial charge on any atom is 0.230 e. The molecule has 1 amide bonds. The predicted molar refractivity (Wildman–Crippen MR) is 106 cm³/mol. The molecule has 0 aliphatic carbocycles. The highest BCUT2D eigenvalue weighted by Gasteiger charge is 2.13. The van der Waals surface area contributed by atoms with Crippen molar-refractivity contribution >= 4 is 23.5 Å². The molecule has 0 saturated heterocycles. The highest BCUT2D eigenvalue weighted by Crippen LogP contribution is 2.24. The summed E-state index contributed by atoms with van der Waals surface area (Å²) in [5.74, 6) is -0.0424. The van der Waals surface area contributed by atoms with Gasteiger partial charge in [-0.15, -0.1) is 11.8 Å². The molecule has 1 atom stereocenters. The average Bonchev–Trinajstić information content (AvgIpc) is 2.60. The normalized spacial score (nSPS) is 11.9. The topological polar surface area (TPSA) is 55.4 Å². The van der Waals surface area contributed by atoms with E-state index < -0.39 is 5.82 Å². The van der Waals surface area contributed by atoms with E-state index in [2.05, 4.69) is 5.32 Å². The number of hydrogen-bond donors (Lipinski definition) is 1. The predicted octanol–water partition coefficient (Wildman–Crippen LogP) is 4.79. The molecule has 6 heteroatoms. The molecule has 0 fully saturated rings. The van der Waals surface area contributed by atoms with Crippen LogP contribution in [0.3, 0.4) is 0 Å². The van der Waals surface area contributed by atoms with Crippen LogP contribution in [0, 0.1) is 5.82 Å². The largest absolute Gasteiger partial charge is 0.491 e. The number of carbonyl (C=O) groups is 2. The number of benzene rings is 2. The van der Waals surface area contributed by atoms with Gasteiger partial charge in [0.15, 0.2) is 5.78 Å². The summed E-state index contributed by atoms with van der Waals surface area (Å²) in [6.45, 7) is 7.19. The van der Waals surface area contributed by atoms with Crippen molar-refractivity contribution in [3.63, 3.8) is 0 Å². The Balaban J connectivity index is 1.93. The molecule has 0 heterocycles. The number of halogens is 1. The number of Topliss-reactive ketones (excluding diaryl/α,β-unsaturated/α-hetero) is 1. The van der Waals surface area contributed by atoms with E-state index in [0.717, 1.165) is 23.1 Å². The first kappa shape index (κ1) is 21.0. The first-order valence-corrected chi connectivity index (χ1v) is 9.74. The summed E-state index contributed by atoms with van der Waals surface area (Å²) in [5, 5.41) is 2.90. The van der Waals surface area contributed by atoms with E-state index in [9.17, 15) is 14.0 Å². The van der Waals surface area contributed by atoms with Crippen LogP contribution >= 0.6 is 11.8 Å². The third-order valence-electron chi connectivity index (χ3n) is 3.80. The van der Waals surface area contributed by atoms with Gasteiger partial charge in [0.05, 0.1) is 17.9 Å². The Kier molecular flexibility index (Phi) is 7.42. The number of nitrogens with one attached hydrogen (secondary N) is 1. The molecule has 0 bridgehead atoms. The highest BCUT2D eigenvalue weighted by atomic mass is 32.2. The van der Waals surface area contributed by atoms with E-state index in [4.69, 9.17) is 4.74 Å². The zero-order valence-corrected chi connectivity index (χ0v) is 16.7. The summed E-state index contributed by atoms with van der Waals surface area (Å²) in [7, 11) is 0. The SMILES string of the molecule is CC(=O)c1ccc(SCC(=O)NC(C)c2cccc(OC(C)C)c2)c(F)c1. The van der Waals surface area contributed by atoms with Crippen molar-refractivity contribution in [3.05, 3.63) is 59.4 Å². The molecule has 0 aliphatic heterocycles. The summed E-state index contributed by atoms with van der Waals surface area (Å²) < 4.78 is 19.7. The molecule has 0 spiro atoms. The van der Waals surface area contributed by atoms with Gasteiger partial charge in [0, 0.05) is 10.5 Å². The van der Waals surface area contributed by atoms with Crippen molar-refractivity contribution in [2.75, 3.05) is 5.75 Å². The Labute approximate surface area is 163 Å². The molecular weight excluding hydrogens is 365 g/mol. The van der Waals surface area contributed by atoms with E-state index in [0.29, 0.717) is 10.5 Å². The fourth-order valence-corrected chi connectivity index (χ4v) is 3.21. The zero-order valence-electron chi connectivity index (χ0n) is 15.9. The maximum atomic E-state index is 14.0. The van der Waals surface area contributed by atoms with Crippen molar-refractivity contribution < 1.29 is 18.7 Å². The number of ketones is 1. The molecule has 0 saturated carbocycles. The molecule has 0 aliphatic rings. The smallest absolute Gasteiger partial charge is 0.230 e. The molecule has 144 valence electrons. The van der Waals surface area contributed by atoms with Crippen LogP contribution < -0.4 is 10.1 Å². The molecule has 1 N–H and O–H groups in total. The molecule has 2 aromatic rings. The Bertz CT molecular complexity index is 823. The summed E-state index contributed by atoms with van der Waals surface area (Å²) in [4.78, 5) is 23.8. The van der Waals surface area contributed by atoms with Crippen LogP contribution in [-0.4, -0.2) is 23.5 Å². The molecule has 1 unspecified atom stereocenters.